The van der Waals surface area contributed by atoms with Crippen molar-refractivity contribution >= 4 is 15.9 Å². The Bertz CT molecular complexity index is 374. The van der Waals surface area contributed by atoms with Gasteiger partial charge in [0, 0.05) is 16.1 Å². The SMILES string of the molecule is Cc1cc(Br)cc([C@@H](N)C2CCC2)c1F. The Morgan fingerprint density at radius 2 is 2.13 bits per heavy atom. The second kappa shape index (κ2) is 4.22. The summed E-state index contributed by atoms with van der Waals surface area (Å²) in [4.78, 5) is 0. The van der Waals surface area contributed by atoms with E-state index in [0.29, 0.717) is 17.0 Å². The summed E-state index contributed by atoms with van der Waals surface area (Å²) in [6, 6.07) is 3.45. The normalized spacial score (nSPS) is 18.7. The fraction of sp³-hybridized carbons (Fsp3) is 0.500. The average molecular weight is 272 g/mol. The Morgan fingerprint density at radius 1 is 1.47 bits per heavy atom. The largest absolute Gasteiger partial charge is 0.324 e. The van der Waals surface area contributed by atoms with Gasteiger partial charge in [-0.15, -0.1) is 0 Å². The highest BCUT2D eigenvalue weighted by molar-refractivity contribution is 9.10. The van der Waals surface area contributed by atoms with E-state index >= 15 is 0 Å². The van der Waals surface area contributed by atoms with Crippen LogP contribution in [0.15, 0.2) is 16.6 Å². The Hall–Kier alpha value is -0.410. The van der Waals surface area contributed by atoms with Crippen molar-refractivity contribution in [1.29, 1.82) is 0 Å². The summed E-state index contributed by atoms with van der Waals surface area (Å²) in [5.74, 6) is 0.325. The molecule has 0 aliphatic heterocycles. The number of halogens is 2. The zero-order valence-corrected chi connectivity index (χ0v) is 10.3. The van der Waals surface area contributed by atoms with Gasteiger partial charge >= 0.3 is 0 Å². The van der Waals surface area contributed by atoms with Crippen molar-refractivity contribution in [1.82, 2.24) is 0 Å². The molecule has 1 saturated carbocycles. The maximum absolute atomic E-state index is 13.9. The van der Waals surface area contributed by atoms with Gasteiger partial charge in [0.05, 0.1) is 0 Å². The summed E-state index contributed by atoms with van der Waals surface area (Å²) in [6.07, 6.45) is 3.49. The zero-order valence-electron chi connectivity index (χ0n) is 8.76. The molecule has 0 radical (unpaired) electrons. The highest BCUT2D eigenvalue weighted by Crippen LogP contribution is 2.38. The molecule has 1 aliphatic carbocycles. The van der Waals surface area contributed by atoms with Gasteiger partial charge in [-0.25, -0.2) is 4.39 Å². The van der Waals surface area contributed by atoms with Gasteiger partial charge in [-0.05, 0) is 43.4 Å². The minimum absolute atomic E-state index is 0.141. The third-order valence-corrected chi connectivity index (χ3v) is 3.72. The molecular formula is C12H15BrFN. The van der Waals surface area contributed by atoms with Crippen LogP contribution >= 0.6 is 15.9 Å². The average Bonchev–Trinajstić information content (AvgIpc) is 2.08. The molecule has 1 aromatic rings. The zero-order chi connectivity index (χ0) is 11.0. The predicted octanol–water partition coefficient (Wildman–Crippen LogP) is 3.70. The molecule has 1 fully saturated rings. The van der Waals surface area contributed by atoms with E-state index in [2.05, 4.69) is 15.9 Å². The van der Waals surface area contributed by atoms with Crippen molar-refractivity contribution < 1.29 is 4.39 Å². The molecular weight excluding hydrogens is 257 g/mol. The number of hydrogen-bond donors (Lipinski definition) is 1. The van der Waals surface area contributed by atoms with Crippen LogP contribution in [-0.2, 0) is 0 Å². The first-order valence-corrected chi connectivity index (χ1v) is 6.10. The lowest BCUT2D eigenvalue weighted by Gasteiger charge is -2.32. The highest BCUT2D eigenvalue weighted by Gasteiger charge is 2.27. The molecule has 0 heterocycles. The van der Waals surface area contributed by atoms with Gasteiger partial charge in [0.15, 0.2) is 0 Å². The minimum atomic E-state index is -0.144. The summed E-state index contributed by atoms with van der Waals surface area (Å²) < 4.78 is 14.8. The number of benzene rings is 1. The maximum atomic E-state index is 13.9. The molecule has 0 bridgehead atoms. The van der Waals surface area contributed by atoms with E-state index in [-0.39, 0.29) is 11.9 Å². The predicted molar refractivity (Wildman–Crippen MR) is 63.1 cm³/mol. The third kappa shape index (κ3) is 2.08. The molecule has 82 valence electrons. The van der Waals surface area contributed by atoms with Crippen molar-refractivity contribution in [3.8, 4) is 0 Å². The summed E-state index contributed by atoms with van der Waals surface area (Å²) in [5, 5.41) is 0. The monoisotopic (exact) mass is 271 g/mol. The third-order valence-electron chi connectivity index (χ3n) is 3.26. The first-order chi connectivity index (χ1) is 7.09. The van der Waals surface area contributed by atoms with Gasteiger partial charge in [0.2, 0.25) is 0 Å². The molecule has 0 aromatic heterocycles. The van der Waals surface area contributed by atoms with E-state index in [9.17, 15) is 4.39 Å². The van der Waals surface area contributed by atoms with Crippen molar-refractivity contribution in [2.45, 2.75) is 32.2 Å². The molecule has 1 aromatic carbocycles. The van der Waals surface area contributed by atoms with E-state index in [1.807, 2.05) is 6.07 Å². The molecule has 1 nitrogen and oxygen atoms in total. The summed E-state index contributed by atoms with van der Waals surface area (Å²) >= 11 is 3.38. The lowest BCUT2D eigenvalue weighted by molar-refractivity contribution is 0.260. The smallest absolute Gasteiger partial charge is 0.130 e. The standard InChI is InChI=1S/C12H15BrFN/c1-7-5-9(13)6-10(11(7)14)12(15)8-3-2-4-8/h5-6,8,12H,2-4,15H2,1H3/t12-/m0/s1. The van der Waals surface area contributed by atoms with Gasteiger partial charge in [0.25, 0.3) is 0 Å². The van der Waals surface area contributed by atoms with Crippen LogP contribution < -0.4 is 5.73 Å². The number of rotatable bonds is 2. The van der Waals surface area contributed by atoms with Crippen LogP contribution in [0.1, 0.15) is 36.4 Å². The molecule has 0 amide bonds. The Kier molecular flexibility index (Phi) is 3.12. The molecule has 15 heavy (non-hydrogen) atoms. The summed E-state index contributed by atoms with van der Waals surface area (Å²) in [6.45, 7) is 1.77. The molecule has 3 heteroatoms. The van der Waals surface area contributed by atoms with Crippen molar-refractivity contribution in [3.63, 3.8) is 0 Å². The first-order valence-electron chi connectivity index (χ1n) is 5.30. The lowest BCUT2D eigenvalue weighted by Crippen LogP contribution is -2.27. The van der Waals surface area contributed by atoms with Crippen LogP contribution in [0, 0.1) is 18.7 Å². The molecule has 0 unspecified atom stereocenters. The number of aryl methyl sites for hydroxylation is 1. The van der Waals surface area contributed by atoms with E-state index < -0.39 is 0 Å². The van der Waals surface area contributed by atoms with Crippen LogP contribution in [0.5, 0.6) is 0 Å². The summed E-state index contributed by atoms with van der Waals surface area (Å²) in [5.41, 5.74) is 7.40. The Balaban J connectivity index is 2.33. The number of nitrogens with two attached hydrogens (primary N) is 1. The van der Waals surface area contributed by atoms with Crippen molar-refractivity contribution in [2.24, 2.45) is 11.7 Å². The van der Waals surface area contributed by atoms with E-state index in [1.54, 1.807) is 13.0 Å². The fourth-order valence-corrected chi connectivity index (χ4v) is 2.64. The van der Waals surface area contributed by atoms with E-state index in [4.69, 9.17) is 5.73 Å². The number of hydrogen-bond acceptors (Lipinski definition) is 1. The molecule has 2 N–H and O–H groups in total. The molecule has 2 rings (SSSR count). The van der Waals surface area contributed by atoms with Crippen molar-refractivity contribution in [3.05, 3.63) is 33.5 Å². The molecule has 1 atom stereocenters. The van der Waals surface area contributed by atoms with Gasteiger partial charge < -0.3 is 5.73 Å². The van der Waals surface area contributed by atoms with Gasteiger partial charge in [-0.2, -0.15) is 0 Å². The van der Waals surface area contributed by atoms with Gasteiger partial charge in [-0.3, -0.25) is 0 Å². The first kappa shape index (κ1) is 11.1. The Labute approximate surface area is 98.0 Å². The Morgan fingerprint density at radius 3 is 2.67 bits per heavy atom. The van der Waals surface area contributed by atoms with E-state index in [1.165, 1.54) is 6.42 Å². The second-order valence-corrected chi connectivity index (χ2v) is 5.26. The molecule has 0 spiro atoms. The van der Waals surface area contributed by atoms with Crippen LogP contribution in [-0.4, -0.2) is 0 Å². The van der Waals surface area contributed by atoms with Crippen LogP contribution in [0.3, 0.4) is 0 Å². The molecule has 0 saturated heterocycles. The molecule has 1 aliphatic rings. The summed E-state index contributed by atoms with van der Waals surface area (Å²) in [7, 11) is 0. The maximum Gasteiger partial charge on any atom is 0.130 e. The van der Waals surface area contributed by atoms with Crippen molar-refractivity contribution in [2.75, 3.05) is 0 Å². The second-order valence-electron chi connectivity index (χ2n) is 4.34. The van der Waals surface area contributed by atoms with Crippen LogP contribution in [0.4, 0.5) is 4.39 Å². The fourth-order valence-electron chi connectivity index (χ4n) is 2.05. The van der Waals surface area contributed by atoms with Gasteiger partial charge in [-0.1, -0.05) is 22.4 Å². The van der Waals surface area contributed by atoms with Crippen LogP contribution in [0.2, 0.25) is 0 Å². The van der Waals surface area contributed by atoms with Crippen LogP contribution in [0.25, 0.3) is 0 Å². The topological polar surface area (TPSA) is 26.0 Å². The lowest BCUT2D eigenvalue weighted by atomic mass is 9.77. The minimum Gasteiger partial charge on any atom is -0.324 e. The highest BCUT2D eigenvalue weighted by atomic mass is 79.9. The van der Waals surface area contributed by atoms with E-state index in [0.717, 1.165) is 17.3 Å². The quantitative estimate of drug-likeness (QED) is 0.872. The van der Waals surface area contributed by atoms with Gasteiger partial charge in [0.1, 0.15) is 5.82 Å².